The molecular weight excluding hydrogens is 390 g/mol. The number of unbranched alkanes of at least 4 members (excludes halogenated alkanes) is 1. The molecule has 3 heterocycles. The van der Waals surface area contributed by atoms with Crippen LogP contribution in [0.1, 0.15) is 56.4 Å². The predicted molar refractivity (Wildman–Crippen MR) is 119 cm³/mol. The van der Waals surface area contributed by atoms with Crippen LogP contribution in [0.4, 0.5) is 0 Å². The van der Waals surface area contributed by atoms with E-state index in [9.17, 15) is 4.79 Å². The van der Waals surface area contributed by atoms with Crippen LogP contribution in [0.5, 0.6) is 0 Å². The topological polar surface area (TPSA) is 94.3 Å². The number of aromatic amines is 1. The normalized spacial score (nSPS) is 11.4. The summed E-state index contributed by atoms with van der Waals surface area (Å²) in [5, 5.41) is 14.4. The third-order valence-corrected chi connectivity index (χ3v) is 5.48. The number of nitrogens with zero attached hydrogens (tertiary/aromatic N) is 6. The molecule has 1 aromatic carbocycles. The van der Waals surface area contributed by atoms with E-state index in [1.165, 1.54) is 0 Å². The quantitative estimate of drug-likeness (QED) is 0.471. The average Bonchev–Trinajstić information content (AvgIpc) is 3.42. The Morgan fingerprint density at radius 3 is 2.74 bits per heavy atom. The maximum atomic E-state index is 13.6. The number of benzene rings is 1. The molecule has 0 unspecified atom stereocenters. The number of pyridine rings is 1. The number of aromatic nitrogens is 7. The van der Waals surface area contributed by atoms with E-state index >= 15 is 0 Å². The van der Waals surface area contributed by atoms with Gasteiger partial charge in [0.25, 0.3) is 0 Å². The molecule has 0 bridgehead atoms. The van der Waals surface area contributed by atoms with Gasteiger partial charge in [-0.15, -0.1) is 10.2 Å². The number of imidazole rings is 1. The van der Waals surface area contributed by atoms with Crippen molar-refractivity contribution in [1.82, 2.24) is 34.7 Å². The molecule has 0 spiro atoms. The SMILES string of the molecule is CCCCc1cn(-c2ccccc2C(C)C)c(=O)n1Cc1cnccc1-c1nn[nH]n1. The van der Waals surface area contributed by atoms with Gasteiger partial charge in [0, 0.05) is 35.4 Å². The van der Waals surface area contributed by atoms with Crippen LogP contribution in [0.3, 0.4) is 0 Å². The number of tetrazole rings is 1. The smallest absolute Gasteiger partial charge is 0.292 e. The first-order valence-corrected chi connectivity index (χ1v) is 10.7. The van der Waals surface area contributed by atoms with Crippen LogP contribution in [0, 0.1) is 0 Å². The molecule has 0 fully saturated rings. The second-order valence-corrected chi connectivity index (χ2v) is 7.94. The van der Waals surface area contributed by atoms with Gasteiger partial charge in [-0.2, -0.15) is 5.21 Å². The summed E-state index contributed by atoms with van der Waals surface area (Å²) < 4.78 is 3.62. The summed E-state index contributed by atoms with van der Waals surface area (Å²) in [4.78, 5) is 17.9. The molecular formula is C23H27N7O. The molecule has 0 atom stereocenters. The summed E-state index contributed by atoms with van der Waals surface area (Å²) >= 11 is 0. The molecule has 1 N–H and O–H groups in total. The van der Waals surface area contributed by atoms with Crippen LogP contribution < -0.4 is 5.69 Å². The summed E-state index contributed by atoms with van der Waals surface area (Å²) in [7, 11) is 0. The van der Waals surface area contributed by atoms with Gasteiger partial charge < -0.3 is 0 Å². The first kappa shape index (κ1) is 20.7. The molecule has 0 aliphatic carbocycles. The Bertz CT molecular complexity index is 1200. The highest BCUT2D eigenvalue weighted by molar-refractivity contribution is 5.58. The number of para-hydroxylation sites is 1. The van der Waals surface area contributed by atoms with Crippen LogP contribution in [0.15, 0.2) is 53.7 Å². The number of hydrogen-bond donors (Lipinski definition) is 1. The highest BCUT2D eigenvalue weighted by Crippen LogP contribution is 2.24. The van der Waals surface area contributed by atoms with E-state index in [0.29, 0.717) is 18.3 Å². The Morgan fingerprint density at radius 1 is 1.16 bits per heavy atom. The molecule has 4 aromatic rings. The first-order valence-electron chi connectivity index (χ1n) is 10.7. The zero-order valence-electron chi connectivity index (χ0n) is 18.1. The molecule has 0 amide bonds. The van der Waals surface area contributed by atoms with Crippen molar-refractivity contribution < 1.29 is 0 Å². The Balaban J connectivity index is 1.82. The van der Waals surface area contributed by atoms with Crippen LogP contribution in [-0.2, 0) is 13.0 Å². The molecule has 0 aliphatic rings. The zero-order valence-corrected chi connectivity index (χ0v) is 18.1. The maximum Gasteiger partial charge on any atom is 0.333 e. The van der Waals surface area contributed by atoms with Crippen LogP contribution in [0.25, 0.3) is 17.1 Å². The molecule has 160 valence electrons. The van der Waals surface area contributed by atoms with Crippen molar-refractivity contribution in [2.24, 2.45) is 0 Å². The molecule has 3 aromatic heterocycles. The fourth-order valence-corrected chi connectivity index (χ4v) is 3.84. The van der Waals surface area contributed by atoms with E-state index in [1.807, 2.05) is 35.0 Å². The molecule has 4 rings (SSSR count). The maximum absolute atomic E-state index is 13.6. The minimum atomic E-state index is -0.0536. The van der Waals surface area contributed by atoms with Gasteiger partial charge in [-0.25, -0.2) is 4.79 Å². The molecule has 8 heteroatoms. The van der Waals surface area contributed by atoms with Crippen LogP contribution in [-0.4, -0.2) is 34.7 Å². The van der Waals surface area contributed by atoms with E-state index in [4.69, 9.17) is 0 Å². The van der Waals surface area contributed by atoms with Gasteiger partial charge >= 0.3 is 5.69 Å². The minimum absolute atomic E-state index is 0.0536. The molecule has 0 aliphatic heterocycles. The Hall–Kier alpha value is -3.55. The van der Waals surface area contributed by atoms with Crippen molar-refractivity contribution in [1.29, 1.82) is 0 Å². The largest absolute Gasteiger partial charge is 0.333 e. The Morgan fingerprint density at radius 2 is 2.00 bits per heavy atom. The van der Waals surface area contributed by atoms with Gasteiger partial charge in [-0.1, -0.05) is 45.4 Å². The molecule has 0 radical (unpaired) electrons. The highest BCUT2D eigenvalue weighted by atomic mass is 16.1. The van der Waals surface area contributed by atoms with Crippen LogP contribution in [0.2, 0.25) is 0 Å². The van der Waals surface area contributed by atoms with Gasteiger partial charge in [0.1, 0.15) is 0 Å². The molecule has 8 nitrogen and oxygen atoms in total. The summed E-state index contributed by atoms with van der Waals surface area (Å²) in [6.45, 7) is 6.84. The van der Waals surface area contributed by atoms with Gasteiger partial charge in [-0.05, 0) is 41.7 Å². The lowest BCUT2D eigenvalue weighted by molar-refractivity contribution is 0.672. The summed E-state index contributed by atoms with van der Waals surface area (Å²) in [6.07, 6.45) is 8.36. The number of H-pyrrole nitrogens is 1. The minimum Gasteiger partial charge on any atom is -0.292 e. The lowest BCUT2D eigenvalue weighted by atomic mass is 10.0. The average molecular weight is 418 g/mol. The predicted octanol–water partition coefficient (Wildman–Crippen LogP) is 3.73. The van der Waals surface area contributed by atoms with Crippen molar-refractivity contribution in [3.63, 3.8) is 0 Å². The monoisotopic (exact) mass is 417 g/mol. The Labute approximate surface area is 181 Å². The Kier molecular flexibility index (Phi) is 6.06. The fourth-order valence-electron chi connectivity index (χ4n) is 3.84. The van der Waals surface area contributed by atoms with Crippen molar-refractivity contribution in [2.45, 2.75) is 52.5 Å². The zero-order chi connectivity index (χ0) is 21.8. The molecule has 31 heavy (non-hydrogen) atoms. The van der Waals surface area contributed by atoms with Crippen LogP contribution >= 0.6 is 0 Å². The number of nitrogens with one attached hydrogen (secondary N) is 1. The third-order valence-electron chi connectivity index (χ3n) is 5.48. The lowest BCUT2D eigenvalue weighted by Gasteiger charge is -2.12. The standard InChI is InChI=1S/C23H27N7O/c1-4-5-8-18-15-30(21-10-7-6-9-19(21)16(2)3)23(31)29(18)14-17-13-24-12-11-20(17)22-25-27-28-26-22/h6-7,9-13,15-16H,4-5,8,14H2,1-3H3,(H,25,26,27,28). The van der Waals surface area contributed by atoms with Crippen molar-refractivity contribution in [2.75, 3.05) is 0 Å². The van der Waals surface area contributed by atoms with E-state index in [2.05, 4.69) is 52.4 Å². The number of rotatable bonds is 8. The van der Waals surface area contributed by atoms with E-state index in [0.717, 1.165) is 47.3 Å². The molecule has 0 saturated carbocycles. The third kappa shape index (κ3) is 4.19. The van der Waals surface area contributed by atoms with Gasteiger partial charge in [-0.3, -0.25) is 14.1 Å². The van der Waals surface area contributed by atoms with E-state index in [1.54, 1.807) is 17.0 Å². The van der Waals surface area contributed by atoms with E-state index in [-0.39, 0.29) is 5.69 Å². The van der Waals surface area contributed by atoms with Crippen molar-refractivity contribution in [3.05, 3.63) is 76.2 Å². The van der Waals surface area contributed by atoms with Gasteiger partial charge in [0.05, 0.1) is 12.2 Å². The van der Waals surface area contributed by atoms with Crippen molar-refractivity contribution in [3.8, 4) is 17.1 Å². The second kappa shape index (κ2) is 9.07. The first-order chi connectivity index (χ1) is 15.1. The lowest BCUT2D eigenvalue weighted by Crippen LogP contribution is -2.25. The van der Waals surface area contributed by atoms with Crippen molar-refractivity contribution >= 4 is 0 Å². The fraction of sp³-hybridized carbons (Fsp3) is 0.348. The van der Waals surface area contributed by atoms with E-state index < -0.39 is 0 Å². The highest BCUT2D eigenvalue weighted by Gasteiger charge is 2.18. The second-order valence-electron chi connectivity index (χ2n) is 7.94. The number of aryl methyl sites for hydroxylation is 1. The molecule has 0 saturated heterocycles. The summed E-state index contributed by atoms with van der Waals surface area (Å²) in [5.41, 5.74) is 4.72. The summed E-state index contributed by atoms with van der Waals surface area (Å²) in [6, 6.07) is 9.95. The summed E-state index contributed by atoms with van der Waals surface area (Å²) in [5.74, 6) is 0.804. The van der Waals surface area contributed by atoms with Gasteiger partial charge in [0.15, 0.2) is 0 Å². The van der Waals surface area contributed by atoms with Gasteiger partial charge in [0.2, 0.25) is 5.82 Å². The number of hydrogen-bond acceptors (Lipinski definition) is 5.